The number of rotatable bonds is 3. The van der Waals surface area contributed by atoms with Crippen LogP contribution < -0.4 is 0 Å². The number of aliphatic hydroxyl groups excluding tert-OH is 1. The molecule has 0 saturated heterocycles. The summed E-state index contributed by atoms with van der Waals surface area (Å²) in [7, 11) is 0. The van der Waals surface area contributed by atoms with Crippen molar-refractivity contribution in [3.8, 4) is 0 Å². The highest BCUT2D eigenvalue weighted by atomic mass is 35.5. The summed E-state index contributed by atoms with van der Waals surface area (Å²) in [6, 6.07) is 0. The third kappa shape index (κ3) is 2.91. The van der Waals surface area contributed by atoms with Crippen LogP contribution >= 0.6 is 11.6 Å². The van der Waals surface area contributed by atoms with Crippen molar-refractivity contribution in [3.05, 3.63) is 10.6 Å². The van der Waals surface area contributed by atoms with Crippen LogP contribution in [0.5, 0.6) is 0 Å². The summed E-state index contributed by atoms with van der Waals surface area (Å²) < 4.78 is 0. The van der Waals surface area contributed by atoms with E-state index in [1.54, 1.807) is 6.92 Å². The van der Waals surface area contributed by atoms with Crippen LogP contribution in [0.25, 0.3) is 0 Å². The minimum absolute atomic E-state index is 0.000941. The smallest absolute Gasteiger partial charge is 0.332 e. The zero-order valence-electron chi connectivity index (χ0n) is 6.47. The van der Waals surface area contributed by atoms with Gasteiger partial charge in [0.2, 0.25) is 0 Å². The van der Waals surface area contributed by atoms with Gasteiger partial charge in [0.1, 0.15) is 0 Å². The number of carboxylic acid groups (broad SMARTS) is 1. The lowest BCUT2D eigenvalue weighted by molar-refractivity contribution is -0.132. The molecular formula is C7H11ClO3. The Hall–Kier alpha value is -0.540. The second kappa shape index (κ2) is 4.36. The molecule has 0 aromatic carbocycles. The Morgan fingerprint density at radius 2 is 2.09 bits per heavy atom. The van der Waals surface area contributed by atoms with Crippen LogP contribution in [-0.2, 0) is 4.79 Å². The second-order valence-corrected chi connectivity index (χ2v) is 2.61. The fourth-order valence-electron chi connectivity index (χ4n) is 0.531. The van der Waals surface area contributed by atoms with Crippen LogP contribution in [0.2, 0.25) is 0 Å². The van der Waals surface area contributed by atoms with Crippen molar-refractivity contribution in [2.75, 3.05) is 0 Å². The quantitative estimate of drug-likeness (QED) is 0.642. The molecule has 0 bridgehead atoms. The zero-order chi connectivity index (χ0) is 9.02. The molecule has 0 spiro atoms. The van der Waals surface area contributed by atoms with E-state index in [-0.39, 0.29) is 10.6 Å². The van der Waals surface area contributed by atoms with E-state index >= 15 is 0 Å². The molecule has 4 heteroatoms. The van der Waals surface area contributed by atoms with E-state index < -0.39 is 12.1 Å². The zero-order valence-corrected chi connectivity index (χ0v) is 7.22. The Labute approximate surface area is 70.3 Å². The van der Waals surface area contributed by atoms with E-state index in [2.05, 4.69) is 0 Å². The van der Waals surface area contributed by atoms with Crippen molar-refractivity contribution in [1.82, 2.24) is 0 Å². The number of hydrogen-bond acceptors (Lipinski definition) is 2. The van der Waals surface area contributed by atoms with Gasteiger partial charge in [0.15, 0.2) is 0 Å². The summed E-state index contributed by atoms with van der Waals surface area (Å²) in [5, 5.41) is 17.5. The lowest BCUT2D eigenvalue weighted by atomic mass is 10.2. The molecule has 0 aliphatic rings. The largest absolute Gasteiger partial charge is 0.478 e. The highest BCUT2D eigenvalue weighted by molar-refractivity contribution is 6.32. The van der Waals surface area contributed by atoms with Crippen molar-refractivity contribution in [2.45, 2.75) is 26.4 Å². The number of carboxylic acids is 1. The molecule has 2 N–H and O–H groups in total. The molecule has 1 unspecified atom stereocenters. The van der Waals surface area contributed by atoms with Gasteiger partial charge in [0.05, 0.1) is 16.7 Å². The predicted octanol–water partition coefficient (Wildman–Crippen LogP) is 1.35. The molecule has 0 aliphatic carbocycles. The number of carbonyl (C=O) groups is 1. The van der Waals surface area contributed by atoms with Crippen LogP contribution in [0.1, 0.15) is 20.3 Å². The van der Waals surface area contributed by atoms with Crippen molar-refractivity contribution >= 4 is 17.6 Å². The van der Waals surface area contributed by atoms with Crippen LogP contribution in [-0.4, -0.2) is 22.3 Å². The van der Waals surface area contributed by atoms with E-state index in [9.17, 15) is 4.79 Å². The van der Waals surface area contributed by atoms with E-state index in [1.807, 2.05) is 0 Å². The Kier molecular flexibility index (Phi) is 4.15. The summed E-state index contributed by atoms with van der Waals surface area (Å²) in [6.07, 6.45) is -0.434. The van der Waals surface area contributed by atoms with Gasteiger partial charge < -0.3 is 10.2 Å². The second-order valence-electron chi connectivity index (χ2n) is 2.20. The van der Waals surface area contributed by atoms with E-state index in [0.717, 1.165) is 0 Å². The molecule has 0 aromatic heterocycles. The molecule has 1 atom stereocenters. The van der Waals surface area contributed by atoms with Crippen LogP contribution in [0.3, 0.4) is 0 Å². The van der Waals surface area contributed by atoms with Crippen molar-refractivity contribution in [3.63, 3.8) is 0 Å². The maximum Gasteiger partial charge on any atom is 0.332 e. The Morgan fingerprint density at radius 3 is 2.36 bits per heavy atom. The minimum Gasteiger partial charge on any atom is -0.478 e. The van der Waals surface area contributed by atoms with Gasteiger partial charge in [-0.2, -0.15) is 0 Å². The Balaban J connectivity index is 4.51. The monoisotopic (exact) mass is 178 g/mol. The molecule has 0 saturated carbocycles. The number of aliphatic hydroxyl groups is 1. The first kappa shape index (κ1) is 10.5. The summed E-state index contributed by atoms with van der Waals surface area (Å²) >= 11 is 5.53. The van der Waals surface area contributed by atoms with Gasteiger partial charge in [-0.25, -0.2) is 4.79 Å². The molecule has 64 valence electrons. The van der Waals surface area contributed by atoms with Gasteiger partial charge in [0.25, 0.3) is 0 Å². The summed E-state index contributed by atoms with van der Waals surface area (Å²) in [5.41, 5.74) is 0.000941. The fourth-order valence-corrected chi connectivity index (χ4v) is 0.766. The van der Waals surface area contributed by atoms with E-state index in [4.69, 9.17) is 21.8 Å². The summed E-state index contributed by atoms with van der Waals surface area (Å²) in [6.45, 7) is 3.09. The number of aliphatic carboxylic acids is 1. The molecule has 0 rings (SSSR count). The average molecular weight is 179 g/mol. The van der Waals surface area contributed by atoms with Gasteiger partial charge in [-0.05, 0) is 13.3 Å². The van der Waals surface area contributed by atoms with Crippen molar-refractivity contribution < 1.29 is 15.0 Å². The number of halogens is 1. The normalized spacial score (nSPS) is 15.6. The first-order valence-electron chi connectivity index (χ1n) is 3.28. The molecule has 0 aliphatic heterocycles. The highest BCUT2D eigenvalue weighted by Crippen LogP contribution is 2.16. The van der Waals surface area contributed by atoms with E-state index in [1.165, 1.54) is 6.92 Å². The van der Waals surface area contributed by atoms with Crippen LogP contribution in [0.15, 0.2) is 10.6 Å². The average Bonchev–Trinajstić information content (AvgIpc) is 2.00. The van der Waals surface area contributed by atoms with E-state index in [0.29, 0.717) is 6.42 Å². The molecule has 0 aromatic rings. The first-order chi connectivity index (χ1) is 5.00. The van der Waals surface area contributed by atoms with Gasteiger partial charge in [0, 0.05) is 0 Å². The molecule has 3 nitrogen and oxygen atoms in total. The molecular weight excluding hydrogens is 168 g/mol. The van der Waals surface area contributed by atoms with Gasteiger partial charge in [-0.15, -0.1) is 0 Å². The van der Waals surface area contributed by atoms with Crippen molar-refractivity contribution in [1.29, 1.82) is 0 Å². The lowest BCUT2D eigenvalue weighted by Gasteiger charge is -2.07. The molecule has 0 amide bonds. The van der Waals surface area contributed by atoms with Crippen molar-refractivity contribution in [2.24, 2.45) is 0 Å². The SMILES string of the molecule is CCC(O)/C(Cl)=C(/C)C(=O)O. The Bertz CT molecular complexity index is 186. The molecule has 0 fully saturated rings. The third-order valence-corrected chi connectivity index (χ3v) is 1.89. The maximum atomic E-state index is 10.3. The Morgan fingerprint density at radius 1 is 1.64 bits per heavy atom. The maximum absolute atomic E-state index is 10.3. The molecule has 11 heavy (non-hydrogen) atoms. The summed E-state index contributed by atoms with van der Waals surface area (Å²) in [4.78, 5) is 10.3. The minimum atomic E-state index is -1.09. The standard InChI is InChI=1S/C7H11ClO3/c1-3-5(9)6(8)4(2)7(10)11/h5,9H,3H2,1-2H3,(H,10,11)/b6-4+. The lowest BCUT2D eigenvalue weighted by Crippen LogP contribution is -2.10. The molecule has 0 heterocycles. The molecule has 0 radical (unpaired) electrons. The number of hydrogen-bond donors (Lipinski definition) is 2. The van der Waals surface area contributed by atoms with Crippen LogP contribution in [0, 0.1) is 0 Å². The fraction of sp³-hybridized carbons (Fsp3) is 0.571. The van der Waals surface area contributed by atoms with Gasteiger partial charge in [-0.1, -0.05) is 18.5 Å². The van der Waals surface area contributed by atoms with Gasteiger partial charge >= 0.3 is 5.97 Å². The topological polar surface area (TPSA) is 57.5 Å². The highest BCUT2D eigenvalue weighted by Gasteiger charge is 2.13. The third-order valence-electron chi connectivity index (χ3n) is 1.36. The van der Waals surface area contributed by atoms with Gasteiger partial charge in [-0.3, -0.25) is 0 Å². The first-order valence-corrected chi connectivity index (χ1v) is 3.66. The van der Waals surface area contributed by atoms with Crippen LogP contribution in [0.4, 0.5) is 0 Å². The predicted molar refractivity (Wildman–Crippen MR) is 42.5 cm³/mol. The summed E-state index contributed by atoms with van der Waals surface area (Å²) in [5.74, 6) is -1.09.